The van der Waals surface area contributed by atoms with Crippen molar-refractivity contribution in [1.29, 1.82) is 0 Å². The Morgan fingerprint density at radius 1 is 1.50 bits per heavy atom. The van der Waals surface area contributed by atoms with E-state index in [-0.39, 0.29) is 0 Å². The first-order valence-electron chi connectivity index (χ1n) is 6.77. The molecule has 2 N–H and O–H groups in total. The highest BCUT2D eigenvalue weighted by molar-refractivity contribution is 7.99. The number of hydrogen-bond donors (Lipinski definition) is 1. The number of hydrogen-bond acceptors (Lipinski definition) is 4. The van der Waals surface area contributed by atoms with Crippen LogP contribution in [0, 0.1) is 6.92 Å². The highest BCUT2D eigenvalue weighted by Crippen LogP contribution is 2.31. The molecule has 2 atom stereocenters. The molecule has 0 aromatic carbocycles. The minimum atomic E-state index is 0.436. The first-order valence-corrected chi connectivity index (χ1v) is 8.94. The van der Waals surface area contributed by atoms with Gasteiger partial charge in [0.1, 0.15) is 0 Å². The van der Waals surface area contributed by atoms with Gasteiger partial charge in [0.15, 0.2) is 0 Å². The normalized spacial score (nSPS) is 23.8. The Kier molecular flexibility index (Phi) is 5.55. The van der Waals surface area contributed by atoms with Crippen molar-refractivity contribution in [3.8, 4) is 0 Å². The predicted molar refractivity (Wildman–Crippen MR) is 83.6 cm³/mol. The summed E-state index contributed by atoms with van der Waals surface area (Å²) in [5, 5.41) is 3.04. The van der Waals surface area contributed by atoms with Crippen molar-refractivity contribution >= 4 is 23.1 Å². The predicted octanol–water partition coefficient (Wildman–Crippen LogP) is 3.27. The first-order chi connectivity index (χ1) is 8.76. The summed E-state index contributed by atoms with van der Waals surface area (Å²) in [6.07, 6.45) is 6.22. The third-order valence-corrected chi connectivity index (χ3v) is 6.17. The Balaban J connectivity index is 2.06. The second kappa shape index (κ2) is 6.94. The van der Waals surface area contributed by atoms with Crippen molar-refractivity contribution in [1.82, 2.24) is 4.90 Å². The highest BCUT2D eigenvalue weighted by Gasteiger charge is 2.24. The Morgan fingerprint density at radius 3 is 2.94 bits per heavy atom. The van der Waals surface area contributed by atoms with Crippen molar-refractivity contribution in [3.05, 3.63) is 21.9 Å². The van der Waals surface area contributed by atoms with Crippen LogP contribution in [0.3, 0.4) is 0 Å². The Morgan fingerprint density at radius 2 is 2.33 bits per heavy atom. The number of aryl methyl sites for hydroxylation is 1. The van der Waals surface area contributed by atoms with Crippen molar-refractivity contribution in [2.24, 2.45) is 5.73 Å². The van der Waals surface area contributed by atoms with Gasteiger partial charge in [-0.3, -0.25) is 4.90 Å². The minimum Gasteiger partial charge on any atom is -0.329 e. The van der Waals surface area contributed by atoms with Crippen LogP contribution in [0.1, 0.15) is 35.7 Å². The highest BCUT2D eigenvalue weighted by atomic mass is 32.2. The molecule has 2 heterocycles. The maximum atomic E-state index is 6.04. The number of thioether (sulfide) groups is 1. The number of nitrogens with two attached hydrogens (primary N) is 1. The molecule has 18 heavy (non-hydrogen) atoms. The van der Waals surface area contributed by atoms with Crippen LogP contribution in [0.2, 0.25) is 0 Å². The molecule has 0 aliphatic carbocycles. The maximum absolute atomic E-state index is 6.04. The van der Waals surface area contributed by atoms with Gasteiger partial charge in [-0.25, -0.2) is 0 Å². The molecule has 1 saturated heterocycles. The summed E-state index contributed by atoms with van der Waals surface area (Å²) >= 11 is 3.89. The molecule has 2 unspecified atom stereocenters. The van der Waals surface area contributed by atoms with Gasteiger partial charge in [0.05, 0.1) is 6.04 Å². The molecular formula is C14H24N2S2. The molecule has 1 fully saturated rings. The summed E-state index contributed by atoms with van der Waals surface area (Å²) < 4.78 is 0. The smallest absolute Gasteiger partial charge is 0.0566 e. The lowest BCUT2D eigenvalue weighted by atomic mass is 10.1. The van der Waals surface area contributed by atoms with E-state index in [9.17, 15) is 0 Å². The number of thiophene rings is 1. The van der Waals surface area contributed by atoms with Gasteiger partial charge in [0.25, 0.3) is 0 Å². The Bertz CT molecular complexity index is 364. The fourth-order valence-electron chi connectivity index (χ4n) is 2.78. The second-order valence-corrected chi connectivity index (χ2v) is 7.13. The zero-order valence-corrected chi connectivity index (χ0v) is 13.0. The summed E-state index contributed by atoms with van der Waals surface area (Å²) in [5.41, 5.74) is 7.45. The van der Waals surface area contributed by atoms with Crippen molar-refractivity contribution < 1.29 is 0 Å². The van der Waals surface area contributed by atoms with Crippen LogP contribution < -0.4 is 5.73 Å². The fourth-order valence-corrected chi connectivity index (χ4v) is 4.60. The van der Waals surface area contributed by atoms with Gasteiger partial charge in [-0.1, -0.05) is 0 Å². The van der Waals surface area contributed by atoms with E-state index in [0.29, 0.717) is 6.04 Å². The van der Waals surface area contributed by atoms with Gasteiger partial charge in [0.2, 0.25) is 0 Å². The summed E-state index contributed by atoms with van der Waals surface area (Å²) in [7, 11) is 0. The topological polar surface area (TPSA) is 29.3 Å². The van der Waals surface area contributed by atoms with Crippen molar-refractivity contribution in [3.63, 3.8) is 0 Å². The molecule has 1 aromatic rings. The van der Waals surface area contributed by atoms with Crippen LogP contribution in [-0.2, 0) is 0 Å². The van der Waals surface area contributed by atoms with Crippen LogP contribution in [0.25, 0.3) is 0 Å². The number of nitrogens with zero attached hydrogens (tertiary/aromatic N) is 1. The van der Waals surface area contributed by atoms with Crippen molar-refractivity contribution in [2.75, 3.05) is 25.9 Å². The lowest BCUT2D eigenvalue weighted by molar-refractivity contribution is 0.212. The van der Waals surface area contributed by atoms with E-state index >= 15 is 0 Å². The summed E-state index contributed by atoms with van der Waals surface area (Å²) in [6, 6.07) is 2.65. The molecule has 0 bridgehead atoms. The number of rotatable bonds is 4. The lowest BCUT2D eigenvalue weighted by Crippen LogP contribution is -2.34. The molecule has 2 rings (SSSR count). The second-order valence-electron chi connectivity index (χ2n) is 5.04. The molecule has 1 aliphatic rings. The molecule has 102 valence electrons. The van der Waals surface area contributed by atoms with Gasteiger partial charge in [-0.15, -0.1) is 11.3 Å². The third-order valence-electron chi connectivity index (χ3n) is 3.91. The molecular weight excluding hydrogens is 260 g/mol. The lowest BCUT2D eigenvalue weighted by Gasteiger charge is -2.29. The van der Waals surface area contributed by atoms with E-state index in [1.807, 2.05) is 23.1 Å². The molecule has 4 heteroatoms. The van der Waals surface area contributed by atoms with Crippen LogP contribution in [-0.4, -0.2) is 36.0 Å². The summed E-state index contributed by atoms with van der Waals surface area (Å²) in [6.45, 7) is 5.35. The minimum absolute atomic E-state index is 0.436. The average molecular weight is 284 g/mol. The van der Waals surface area contributed by atoms with Gasteiger partial charge in [0, 0.05) is 16.7 Å². The Hall–Kier alpha value is -0.0300. The van der Waals surface area contributed by atoms with Gasteiger partial charge >= 0.3 is 0 Å². The van der Waals surface area contributed by atoms with E-state index < -0.39 is 0 Å². The van der Waals surface area contributed by atoms with Crippen LogP contribution in [0.15, 0.2) is 11.4 Å². The van der Waals surface area contributed by atoms with E-state index in [4.69, 9.17) is 5.73 Å². The molecule has 1 aliphatic heterocycles. The number of likely N-dealkylation sites (tertiary alicyclic amines) is 1. The molecule has 0 amide bonds. The standard InChI is InChI=1S/C14H24N2S2/c1-11-6-9-18-14(11)13(10-15)16-7-3-4-12(17-2)5-8-16/h6,9,12-13H,3-5,7-8,10,15H2,1-2H3. The zero-order valence-electron chi connectivity index (χ0n) is 11.4. The quantitative estimate of drug-likeness (QED) is 0.920. The molecule has 1 aromatic heterocycles. The fraction of sp³-hybridized carbons (Fsp3) is 0.714. The van der Waals surface area contributed by atoms with Crippen LogP contribution in [0.5, 0.6) is 0 Å². The molecule has 0 saturated carbocycles. The average Bonchev–Trinajstić information content (AvgIpc) is 2.67. The summed E-state index contributed by atoms with van der Waals surface area (Å²) in [4.78, 5) is 4.08. The van der Waals surface area contributed by atoms with E-state index in [1.54, 1.807) is 0 Å². The molecule has 0 spiro atoms. The van der Waals surface area contributed by atoms with E-state index in [2.05, 4.69) is 29.5 Å². The van der Waals surface area contributed by atoms with E-state index in [0.717, 1.165) is 11.8 Å². The van der Waals surface area contributed by atoms with Crippen molar-refractivity contribution in [2.45, 2.75) is 37.5 Å². The van der Waals surface area contributed by atoms with Crippen LogP contribution >= 0.6 is 23.1 Å². The first kappa shape index (κ1) is 14.4. The SMILES string of the molecule is CSC1CCCN(C(CN)c2sccc2C)CC1. The third kappa shape index (κ3) is 3.29. The summed E-state index contributed by atoms with van der Waals surface area (Å²) in [5.74, 6) is 0. The monoisotopic (exact) mass is 284 g/mol. The van der Waals surface area contributed by atoms with Gasteiger partial charge < -0.3 is 5.73 Å². The largest absolute Gasteiger partial charge is 0.329 e. The van der Waals surface area contributed by atoms with Gasteiger partial charge in [-0.2, -0.15) is 11.8 Å². The Labute approximate surface area is 119 Å². The molecule has 0 radical (unpaired) electrons. The zero-order chi connectivity index (χ0) is 13.0. The molecule has 2 nitrogen and oxygen atoms in total. The van der Waals surface area contributed by atoms with E-state index in [1.165, 1.54) is 42.8 Å². The van der Waals surface area contributed by atoms with Gasteiger partial charge in [-0.05, 0) is 62.5 Å². The maximum Gasteiger partial charge on any atom is 0.0566 e. The van der Waals surface area contributed by atoms with Crippen LogP contribution in [0.4, 0.5) is 0 Å².